The molecule has 1 aliphatic heterocycles. The summed E-state index contributed by atoms with van der Waals surface area (Å²) in [5.41, 5.74) is 8.17. The van der Waals surface area contributed by atoms with Gasteiger partial charge in [-0.2, -0.15) is 0 Å². The van der Waals surface area contributed by atoms with Gasteiger partial charge >= 0.3 is 0 Å². The molecule has 0 spiro atoms. The average Bonchev–Trinajstić information content (AvgIpc) is 2.33. The van der Waals surface area contributed by atoms with Gasteiger partial charge in [0.2, 0.25) is 0 Å². The molecule has 1 saturated heterocycles. The van der Waals surface area contributed by atoms with E-state index in [0.29, 0.717) is 12.6 Å². The lowest BCUT2D eigenvalue weighted by atomic mass is 10.1. The van der Waals surface area contributed by atoms with Crippen LogP contribution >= 0.6 is 0 Å². The molecule has 0 unspecified atom stereocenters. The molecule has 1 heterocycles. The zero-order valence-electron chi connectivity index (χ0n) is 9.61. The fraction of sp³-hybridized carbons (Fsp3) is 0.538. The van der Waals surface area contributed by atoms with E-state index in [1.165, 1.54) is 11.3 Å². The van der Waals surface area contributed by atoms with Crippen LogP contribution in [0.2, 0.25) is 0 Å². The Balaban J connectivity index is 2.01. The predicted octanol–water partition coefficient (Wildman–Crippen LogP) is 1.78. The van der Waals surface area contributed by atoms with Gasteiger partial charge in [0.25, 0.3) is 0 Å². The molecule has 1 aromatic rings. The van der Waals surface area contributed by atoms with Crippen molar-refractivity contribution in [1.29, 1.82) is 0 Å². The first kappa shape index (κ1) is 11.4. The molecule has 0 aliphatic carbocycles. The highest BCUT2D eigenvalue weighted by Gasteiger charge is 2.14. The normalized spacial score (nSPS) is 17.3. The Morgan fingerprint density at radius 1 is 1.25 bits per heavy atom. The number of rotatable bonds is 4. The zero-order valence-corrected chi connectivity index (χ0v) is 9.61. The Morgan fingerprint density at radius 3 is 2.75 bits per heavy atom. The van der Waals surface area contributed by atoms with Gasteiger partial charge in [-0.15, -0.1) is 0 Å². The number of hydrogen-bond acceptors (Lipinski definition) is 3. The first-order chi connectivity index (χ1) is 7.90. The Kier molecular flexibility index (Phi) is 4.19. The second-order valence-electron chi connectivity index (χ2n) is 4.23. The molecule has 16 heavy (non-hydrogen) atoms. The van der Waals surface area contributed by atoms with Gasteiger partial charge in [-0.25, -0.2) is 0 Å². The monoisotopic (exact) mass is 220 g/mol. The molecule has 0 radical (unpaired) electrons. The van der Waals surface area contributed by atoms with Gasteiger partial charge < -0.3 is 15.8 Å². The van der Waals surface area contributed by atoms with E-state index < -0.39 is 0 Å². The van der Waals surface area contributed by atoms with Crippen LogP contribution < -0.4 is 11.1 Å². The highest BCUT2D eigenvalue weighted by molar-refractivity contribution is 5.52. The molecule has 0 saturated carbocycles. The Labute approximate surface area is 97.0 Å². The van der Waals surface area contributed by atoms with Gasteiger partial charge in [-0.05, 0) is 37.4 Å². The fourth-order valence-electron chi connectivity index (χ4n) is 2.10. The van der Waals surface area contributed by atoms with Crippen molar-refractivity contribution in [3.8, 4) is 0 Å². The third-order valence-corrected chi connectivity index (χ3v) is 3.01. The van der Waals surface area contributed by atoms with E-state index in [1.807, 2.05) is 0 Å². The van der Waals surface area contributed by atoms with Crippen molar-refractivity contribution in [2.45, 2.75) is 25.3 Å². The predicted molar refractivity (Wildman–Crippen MR) is 66.7 cm³/mol. The number of nitrogens with one attached hydrogen (secondary N) is 1. The van der Waals surface area contributed by atoms with Crippen molar-refractivity contribution in [2.75, 3.05) is 25.1 Å². The summed E-state index contributed by atoms with van der Waals surface area (Å²) in [5.74, 6) is 0. The SMILES string of the molecule is NCCc1ccccc1NC1CCOCC1. The molecule has 3 heteroatoms. The van der Waals surface area contributed by atoms with Gasteiger partial charge in [-0.1, -0.05) is 18.2 Å². The lowest BCUT2D eigenvalue weighted by Gasteiger charge is -2.25. The highest BCUT2D eigenvalue weighted by Crippen LogP contribution is 2.19. The molecule has 3 N–H and O–H groups in total. The summed E-state index contributed by atoms with van der Waals surface area (Å²) < 4.78 is 5.36. The summed E-state index contributed by atoms with van der Waals surface area (Å²) in [6.45, 7) is 2.44. The van der Waals surface area contributed by atoms with Gasteiger partial charge in [0.05, 0.1) is 0 Å². The molecule has 2 rings (SSSR count). The second kappa shape index (κ2) is 5.87. The van der Waals surface area contributed by atoms with E-state index in [-0.39, 0.29) is 0 Å². The minimum Gasteiger partial charge on any atom is -0.382 e. The van der Waals surface area contributed by atoms with Crippen LogP contribution in [0.25, 0.3) is 0 Å². The number of para-hydroxylation sites is 1. The molecule has 88 valence electrons. The maximum Gasteiger partial charge on any atom is 0.0485 e. The van der Waals surface area contributed by atoms with Crippen LogP contribution in [-0.4, -0.2) is 25.8 Å². The molecule has 0 amide bonds. The molecule has 3 nitrogen and oxygen atoms in total. The maximum atomic E-state index is 5.61. The quantitative estimate of drug-likeness (QED) is 0.813. The summed E-state index contributed by atoms with van der Waals surface area (Å²) in [6.07, 6.45) is 3.13. The first-order valence-electron chi connectivity index (χ1n) is 6.02. The highest BCUT2D eigenvalue weighted by atomic mass is 16.5. The summed E-state index contributed by atoms with van der Waals surface area (Å²) in [5, 5.41) is 3.60. The van der Waals surface area contributed by atoms with Crippen molar-refractivity contribution in [2.24, 2.45) is 5.73 Å². The molecule has 0 bridgehead atoms. The van der Waals surface area contributed by atoms with E-state index >= 15 is 0 Å². The third kappa shape index (κ3) is 2.97. The second-order valence-corrected chi connectivity index (χ2v) is 4.23. The van der Waals surface area contributed by atoms with Gasteiger partial charge in [0, 0.05) is 24.9 Å². The zero-order chi connectivity index (χ0) is 11.2. The van der Waals surface area contributed by atoms with Gasteiger partial charge in [0.1, 0.15) is 0 Å². The lowest BCUT2D eigenvalue weighted by molar-refractivity contribution is 0.0904. The van der Waals surface area contributed by atoms with Crippen LogP contribution in [0.3, 0.4) is 0 Å². The van der Waals surface area contributed by atoms with Gasteiger partial charge in [0.15, 0.2) is 0 Å². The van der Waals surface area contributed by atoms with E-state index in [0.717, 1.165) is 32.5 Å². The van der Waals surface area contributed by atoms with Crippen molar-refractivity contribution in [1.82, 2.24) is 0 Å². The smallest absolute Gasteiger partial charge is 0.0485 e. The van der Waals surface area contributed by atoms with E-state index in [4.69, 9.17) is 10.5 Å². The molecule has 0 atom stereocenters. The van der Waals surface area contributed by atoms with Crippen LogP contribution in [0.1, 0.15) is 18.4 Å². The maximum absolute atomic E-state index is 5.61. The van der Waals surface area contributed by atoms with Crippen molar-refractivity contribution >= 4 is 5.69 Å². The van der Waals surface area contributed by atoms with E-state index in [9.17, 15) is 0 Å². The molecular formula is C13H20N2O. The van der Waals surface area contributed by atoms with E-state index in [1.54, 1.807) is 0 Å². The summed E-state index contributed by atoms with van der Waals surface area (Å²) in [7, 11) is 0. The van der Waals surface area contributed by atoms with Gasteiger partial charge in [-0.3, -0.25) is 0 Å². The topological polar surface area (TPSA) is 47.3 Å². The lowest BCUT2D eigenvalue weighted by Crippen LogP contribution is -2.28. The molecular weight excluding hydrogens is 200 g/mol. The average molecular weight is 220 g/mol. The number of hydrogen-bond donors (Lipinski definition) is 2. The van der Waals surface area contributed by atoms with Crippen molar-refractivity contribution < 1.29 is 4.74 Å². The Bertz CT molecular complexity index is 321. The Hall–Kier alpha value is -1.06. The minimum absolute atomic E-state index is 0.549. The Morgan fingerprint density at radius 2 is 2.00 bits per heavy atom. The number of anilines is 1. The fourth-order valence-corrected chi connectivity index (χ4v) is 2.10. The first-order valence-corrected chi connectivity index (χ1v) is 6.02. The summed E-state index contributed by atoms with van der Waals surface area (Å²) >= 11 is 0. The number of nitrogens with two attached hydrogens (primary N) is 1. The van der Waals surface area contributed by atoms with E-state index in [2.05, 4.69) is 29.6 Å². The van der Waals surface area contributed by atoms with Crippen LogP contribution in [0, 0.1) is 0 Å². The minimum atomic E-state index is 0.549. The standard InChI is InChI=1S/C13H20N2O/c14-8-5-11-3-1-2-4-13(11)15-12-6-9-16-10-7-12/h1-4,12,15H,5-10,14H2. The van der Waals surface area contributed by atoms with Crippen LogP contribution in [-0.2, 0) is 11.2 Å². The summed E-state index contributed by atoms with van der Waals surface area (Å²) in [6, 6.07) is 8.98. The third-order valence-electron chi connectivity index (χ3n) is 3.01. The molecule has 1 fully saturated rings. The number of benzene rings is 1. The summed E-state index contributed by atoms with van der Waals surface area (Å²) in [4.78, 5) is 0. The van der Waals surface area contributed by atoms with Crippen molar-refractivity contribution in [3.63, 3.8) is 0 Å². The van der Waals surface area contributed by atoms with Crippen LogP contribution in [0.15, 0.2) is 24.3 Å². The largest absolute Gasteiger partial charge is 0.382 e. The number of ether oxygens (including phenoxy) is 1. The van der Waals surface area contributed by atoms with Crippen molar-refractivity contribution in [3.05, 3.63) is 29.8 Å². The van der Waals surface area contributed by atoms with Crippen LogP contribution in [0.4, 0.5) is 5.69 Å². The molecule has 0 aromatic heterocycles. The molecule has 1 aliphatic rings. The molecule has 1 aromatic carbocycles. The van der Waals surface area contributed by atoms with Crippen LogP contribution in [0.5, 0.6) is 0 Å².